The van der Waals surface area contributed by atoms with Crippen LogP contribution in [0, 0.1) is 0 Å². The molecule has 1 aromatic carbocycles. The summed E-state index contributed by atoms with van der Waals surface area (Å²) in [6.45, 7) is 4.92. The lowest BCUT2D eigenvalue weighted by Crippen LogP contribution is -2.38. The third-order valence-electron chi connectivity index (χ3n) is 4.53. The van der Waals surface area contributed by atoms with Gasteiger partial charge in [-0.2, -0.15) is 0 Å². The van der Waals surface area contributed by atoms with Crippen molar-refractivity contribution in [1.82, 2.24) is 4.90 Å². The number of rotatable bonds is 4. The van der Waals surface area contributed by atoms with E-state index in [1.807, 2.05) is 24.3 Å². The molecule has 1 aliphatic rings. The molecule has 0 spiro atoms. The van der Waals surface area contributed by atoms with Crippen LogP contribution in [-0.2, 0) is 0 Å². The first-order valence-electron chi connectivity index (χ1n) is 7.46. The second-order valence-electron chi connectivity index (χ2n) is 5.73. The Balaban J connectivity index is 1.82. The van der Waals surface area contributed by atoms with E-state index in [9.17, 15) is 4.79 Å². The van der Waals surface area contributed by atoms with Crippen molar-refractivity contribution >= 4 is 16.8 Å². The molecule has 2 unspecified atom stereocenters. The van der Waals surface area contributed by atoms with Crippen molar-refractivity contribution < 1.29 is 9.21 Å². The van der Waals surface area contributed by atoms with Gasteiger partial charge in [-0.1, -0.05) is 25.1 Å². The van der Waals surface area contributed by atoms with Crippen LogP contribution in [0.3, 0.4) is 0 Å². The lowest BCUT2D eigenvalue weighted by Gasteiger charge is -2.26. The molecule has 3 heteroatoms. The highest BCUT2D eigenvalue weighted by molar-refractivity contribution is 6.08. The van der Waals surface area contributed by atoms with Gasteiger partial charge < -0.3 is 4.42 Å². The summed E-state index contributed by atoms with van der Waals surface area (Å²) >= 11 is 0. The number of furan rings is 1. The number of ketones is 1. The Morgan fingerprint density at radius 1 is 1.35 bits per heavy atom. The second kappa shape index (κ2) is 5.41. The Morgan fingerprint density at radius 3 is 2.95 bits per heavy atom. The molecule has 0 saturated carbocycles. The van der Waals surface area contributed by atoms with Crippen molar-refractivity contribution in [3.63, 3.8) is 0 Å². The van der Waals surface area contributed by atoms with Crippen LogP contribution in [0.25, 0.3) is 11.0 Å². The topological polar surface area (TPSA) is 33.5 Å². The Morgan fingerprint density at radius 2 is 2.15 bits per heavy atom. The lowest BCUT2D eigenvalue weighted by molar-refractivity contribution is 0.0890. The number of carbonyl (C=O) groups is 1. The standard InChI is InChI=1S/C17H21NO2/c1-3-13-9-8-12(2)18(13)10-16(19)15-11-20-17-7-5-4-6-14(15)17/h4-7,11-13H,3,8-10H2,1-2H3. The minimum absolute atomic E-state index is 0.169. The predicted octanol–water partition coefficient (Wildman–Crippen LogP) is 3.88. The van der Waals surface area contributed by atoms with Crippen molar-refractivity contribution in [1.29, 1.82) is 0 Å². The molecular formula is C17H21NO2. The maximum atomic E-state index is 12.6. The normalized spacial score (nSPS) is 23.5. The van der Waals surface area contributed by atoms with Gasteiger partial charge in [0.1, 0.15) is 11.8 Å². The van der Waals surface area contributed by atoms with Crippen molar-refractivity contribution in [2.45, 2.75) is 45.2 Å². The first kappa shape index (κ1) is 13.4. The van der Waals surface area contributed by atoms with Crippen LogP contribution < -0.4 is 0 Å². The average Bonchev–Trinajstić information content (AvgIpc) is 3.03. The number of hydrogen-bond acceptors (Lipinski definition) is 3. The van der Waals surface area contributed by atoms with Gasteiger partial charge in [-0.3, -0.25) is 9.69 Å². The molecule has 3 rings (SSSR count). The van der Waals surface area contributed by atoms with E-state index in [0.29, 0.717) is 18.6 Å². The molecule has 2 heterocycles. The third kappa shape index (κ3) is 2.27. The molecule has 0 N–H and O–H groups in total. The summed E-state index contributed by atoms with van der Waals surface area (Å²) in [5, 5.41) is 0.928. The largest absolute Gasteiger partial charge is 0.464 e. The second-order valence-corrected chi connectivity index (χ2v) is 5.73. The van der Waals surface area contributed by atoms with E-state index in [2.05, 4.69) is 18.7 Å². The van der Waals surface area contributed by atoms with Gasteiger partial charge in [-0.05, 0) is 32.3 Å². The molecule has 0 amide bonds. The first-order valence-corrected chi connectivity index (χ1v) is 7.46. The number of para-hydroxylation sites is 1. The highest BCUT2D eigenvalue weighted by atomic mass is 16.3. The first-order chi connectivity index (χ1) is 9.70. The van der Waals surface area contributed by atoms with Crippen molar-refractivity contribution in [2.24, 2.45) is 0 Å². The molecule has 20 heavy (non-hydrogen) atoms. The number of likely N-dealkylation sites (tertiary alicyclic amines) is 1. The summed E-state index contributed by atoms with van der Waals surface area (Å²) in [6, 6.07) is 8.78. The fourth-order valence-electron chi connectivity index (χ4n) is 3.29. The number of nitrogens with zero attached hydrogens (tertiary/aromatic N) is 1. The van der Waals surface area contributed by atoms with Crippen LogP contribution in [0.2, 0.25) is 0 Å². The van der Waals surface area contributed by atoms with Gasteiger partial charge in [0.05, 0.1) is 12.1 Å². The van der Waals surface area contributed by atoms with Crippen LogP contribution in [0.1, 0.15) is 43.5 Å². The van der Waals surface area contributed by atoms with E-state index in [-0.39, 0.29) is 5.78 Å². The van der Waals surface area contributed by atoms with E-state index >= 15 is 0 Å². The van der Waals surface area contributed by atoms with Crippen LogP contribution >= 0.6 is 0 Å². The Hall–Kier alpha value is -1.61. The molecular weight excluding hydrogens is 250 g/mol. The van der Waals surface area contributed by atoms with Crippen LogP contribution in [0.15, 0.2) is 34.9 Å². The van der Waals surface area contributed by atoms with E-state index in [1.165, 1.54) is 12.8 Å². The van der Waals surface area contributed by atoms with Crippen molar-refractivity contribution in [3.05, 3.63) is 36.1 Å². The van der Waals surface area contributed by atoms with Crippen LogP contribution in [0.5, 0.6) is 0 Å². The molecule has 0 bridgehead atoms. The monoisotopic (exact) mass is 271 g/mol. The van der Waals surface area contributed by atoms with E-state index < -0.39 is 0 Å². The Bertz CT molecular complexity index is 616. The van der Waals surface area contributed by atoms with Gasteiger partial charge in [-0.15, -0.1) is 0 Å². The molecule has 106 valence electrons. The number of hydrogen-bond donors (Lipinski definition) is 0. The quantitative estimate of drug-likeness (QED) is 0.791. The van der Waals surface area contributed by atoms with Gasteiger partial charge in [0, 0.05) is 17.5 Å². The molecule has 2 atom stereocenters. The minimum Gasteiger partial charge on any atom is -0.464 e. The zero-order valence-electron chi connectivity index (χ0n) is 12.1. The zero-order valence-corrected chi connectivity index (χ0v) is 12.1. The van der Waals surface area contributed by atoms with E-state index in [1.54, 1.807) is 6.26 Å². The van der Waals surface area contributed by atoms with Gasteiger partial charge in [0.2, 0.25) is 0 Å². The summed E-state index contributed by atoms with van der Waals surface area (Å²) in [6.07, 6.45) is 5.12. The predicted molar refractivity (Wildman–Crippen MR) is 80.0 cm³/mol. The molecule has 0 aliphatic carbocycles. The van der Waals surface area contributed by atoms with Crippen LogP contribution in [-0.4, -0.2) is 29.3 Å². The smallest absolute Gasteiger partial charge is 0.180 e. The molecule has 3 nitrogen and oxygen atoms in total. The number of carbonyl (C=O) groups excluding carboxylic acids is 1. The van der Waals surface area contributed by atoms with Crippen molar-refractivity contribution in [2.75, 3.05) is 6.54 Å². The maximum Gasteiger partial charge on any atom is 0.180 e. The highest BCUT2D eigenvalue weighted by Gasteiger charge is 2.31. The average molecular weight is 271 g/mol. The molecule has 1 aliphatic heterocycles. The fourth-order valence-corrected chi connectivity index (χ4v) is 3.29. The Labute approximate surface area is 119 Å². The molecule has 2 aromatic rings. The van der Waals surface area contributed by atoms with Gasteiger partial charge in [0.25, 0.3) is 0 Å². The van der Waals surface area contributed by atoms with Gasteiger partial charge >= 0.3 is 0 Å². The SMILES string of the molecule is CCC1CCC(C)N1CC(=O)c1coc2ccccc12. The fraction of sp³-hybridized carbons (Fsp3) is 0.471. The number of benzene rings is 1. The lowest BCUT2D eigenvalue weighted by atomic mass is 10.1. The summed E-state index contributed by atoms with van der Waals surface area (Å²) in [4.78, 5) is 14.9. The molecule has 1 fully saturated rings. The molecule has 0 radical (unpaired) electrons. The maximum absolute atomic E-state index is 12.6. The van der Waals surface area contributed by atoms with Crippen LogP contribution in [0.4, 0.5) is 0 Å². The number of fused-ring (bicyclic) bond motifs is 1. The minimum atomic E-state index is 0.169. The molecule has 1 saturated heterocycles. The summed E-state index contributed by atoms with van der Waals surface area (Å²) in [5.41, 5.74) is 1.51. The van der Waals surface area contributed by atoms with Gasteiger partial charge in [-0.25, -0.2) is 0 Å². The summed E-state index contributed by atoms with van der Waals surface area (Å²) in [7, 11) is 0. The Kier molecular flexibility index (Phi) is 3.62. The zero-order chi connectivity index (χ0) is 14.1. The highest BCUT2D eigenvalue weighted by Crippen LogP contribution is 2.27. The molecule has 1 aromatic heterocycles. The van der Waals surface area contributed by atoms with Gasteiger partial charge in [0.15, 0.2) is 5.78 Å². The van der Waals surface area contributed by atoms with E-state index in [4.69, 9.17) is 4.42 Å². The van der Waals surface area contributed by atoms with E-state index in [0.717, 1.165) is 23.0 Å². The third-order valence-corrected chi connectivity index (χ3v) is 4.53. The summed E-state index contributed by atoms with van der Waals surface area (Å²) in [5.74, 6) is 0.169. The summed E-state index contributed by atoms with van der Waals surface area (Å²) < 4.78 is 5.48. The van der Waals surface area contributed by atoms with Crippen molar-refractivity contribution in [3.8, 4) is 0 Å². The number of Topliss-reactive ketones (excluding diaryl/α,β-unsaturated/α-hetero) is 1.